The maximum atomic E-state index is 7.52. The van der Waals surface area contributed by atoms with Gasteiger partial charge >= 0.3 is 0 Å². The summed E-state index contributed by atoms with van der Waals surface area (Å²) >= 11 is 0. The molecule has 2 rings (SSSR count). The van der Waals surface area contributed by atoms with Crippen molar-refractivity contribution in [3.8, 4) is 11.3 Å². The smallest absolute Gasteiger partial charge is 0.0884 e. The van der Waals surface area contributed by atoms with Gasteiger partial charge in [-0.15, -0.1) is 5.10 Å². The molecule has 0 saturated carbocycles. The third kappa shape index (κ3) is 1.66. The predicted octanol–water partition coefficient (Wildman–Crippen LogP) is 2.60. The Hall–Kier alpha value is -1.64. The molecule has 3 heteroatoms. The highest BCUT2D eigenvalue weighted by Crippen LogP contribution is 2.19. The fourth-order valence-electron chi connectivity index (χ4n) is 1.34. The molecule has 0 aliphatic carbocycles. The minimum atomic E-state index is 0.187. The van der Waals surface area contributed by atoms with Gasteiger partial charge in [0.05, 0.1) is 13.2 Å². The summed E-state index contributed by atoms with van der Waals surface area (Å²) in [6, 6.07) is 8.12. The number of nitrogens with one attached hydrogen (secondary N) is 1. The van der Waals surface area contributed by atoms with Crippen LogP contribution >= 0.6 is 0 Å². The Kier molecular flexibility index (Phi) is 2.00. The SMILES string of the molecule is [2H]c1nn[nH]c1-c1ccc(C(C)C)cc1. The second-order valence-electron chi connectivity index (χ2n) is 3.58. The molecule has 1 heterocycles. The minimum Gasteiger partial charge on any atom is -0.258 e. The zero-order valence-corrected chi connectivity index (χ0v) is 8.28. The van der Waals surface area contributed by atoms with Crippen molar-refractivity contribution >= 4 is 0 Å². The summed E-state index contributed by atoms with van der Waals surface area (Å²) in [5.41, 5.74) is 2.91. The second kappa shape index (κ2) is 3.62. The number of H-pyrrole nitrogens is 1. The van der Waals surface area contributed by atoms with E-state index in [1.54, 1.807) is 0 Å². The molecule has 3 nitrogen and oxygen atoms in total. The van der Waals surface area contributed by atoms with Gasteiger partial charge in [0, 0.05) is 5.56 Å². The van der Waals surface area contributed by atoms with Gasteiger partial charge in [0.15, 0.2) is 0 Å². The first kappa shape index (κ1) is 7.74. The summed E-state index contributed by atoms with van der Waals surface area (Å²) in [5, 5.41) is 9.93. The average Bonchev–Trinajstić information content (AvgIpc) is 2.65. The molecule has 0 saturated heterocycles. The van der Waals surface area contributed by atoms with E-state index in [4.69, 9.17) is 1.37 Å². The van der Waals surface area contributed by atoms with E-state index in [9.17, 15) is 0 Å². The Labute approximate surface area is 84.6 Å². The number of hydrogen-bond donors (Lipinski definition) is 1. The van der Waals surface area contributed by atoms with Gasteiger partial charge in [0.25, 0.3) is 0 Å². The average molecular weight is 188 g/mol. The van der Waals surface area contributed by atoms with E-state index in [0.29, 0.717) is 11.6 Å². The lowest BCUT2D eigenvalue weighted by Gasteiger charge is -2.05. The molecule has 1 aromatic heterocycles. The number of benzene rings is 1. The fraction of sp³-hybridized carbons (Fsp3) is 0.273. The summed E-state index contributed by atoms with van der Waals surface area (Å²) in [6.45, 7) is 4.31. The molecule has 0 atom stereocenters. The van der Waals surface area contributed by atoms with Crippen LogP contribution in [-0.2, 0) is 0 Å². The Balaban J connectivity index is 2.36. The molecule has 0 aliphatic heterocycles. The first-order valence-corrected chi connectivity index (χ1v) is 4.66. The van der Waals surface area contributed by atoms with Crippen LogP contribution in [0.5, 0.6) is 0 Å². The lowest BCUT2D eigenvalue weighted by Crippen LogP contribution is -1.86. The van der Waals surface area contributed by atoms with E-state index < -0.39 is 0 Å². The lowest BCUT2D eigenvalue weighted by atomic mass is 10.0. The fourth-order valence-corrected chi connectivity index (χ4v) is 1.34. The van der Waals surface area contributed by atoms with Crippen LogP contribution in [0.1, 0.15) is 26.7 Å². The Bertz CT molecular complexity index is 445. The van der Waals surface area contributed by atoms with Crippen LogP contribution in [0.15, 0.2) is 30.4 Å². The number of aromatic nitrogens is 3. The van der Waals surface area contributed by atoms with Crippen molar-refractivity contribution < 1.29 is 1.37 Å². The van der Waals surface area contributed by atoms with Crippen molar-refractivity contribution in [2.24, 2.45) is 0 Å². The van der Waals surface area contributed by atoms with Crippen LogP contribution in [0.25, 0.3) is 11.3 Å². The summed E-state index contributed by atoms with van der Waals surface area (Å²) in [4.78, 5) is 0. The molecule has 0 fully saturated rings. The third-order valence-corrected chi connectivity index (χ3v) is 2.24. The van der Waals surface area contributed by atoms with E-state index in [0.717, 1.165) is 5.56 Å². The monoisotopic (exact) mass is 188 g/mol. The molecule has 0 aliphatic rings. The van der Waals surface area contributed by atoms with Crippen molar-refractivity contribution in [2.45, 2.75) is 19.8 Å². The molecule has 0 amide bonds. The predicted molar refractivity (Wildman–Crippen MR) is 55.9 cm³/mol. The van der Waals surface area contributed by atoms with E-state index in [2.05, 4.69) is 41.4 Å². The molecular formula is C11H13N3. The molecule has 14 heavy (non-hydrogen) atoms. The van der Waals surface area contributed by atoms with E-state index in [1.165, 1.54) is 5.56 Å². The zero-order valence-electron chi connectivity index (χ0n) is 9.28. The molecule has 1 aromatic carbocycles. The van der Waals surface area contributed by atoms with Gasteiger partial charge in [0.2, 0.25) is 0 Å². The number of rotatable bonds is 2. The van der Waals surface area contributed by atoms with Crippen molar-refractivity contribution in [2.75, 3.05) is 0 Å². The highest BCUT2D eigenvalue weighted by Gasteiger charge is 2.01. The standard InChI is InChI=1S/C11H13N3/c1-8(2)9-3-5-10(6-4-9)11-7-12-14-13-11/h3-8H,1-2H3,(H,12,13,14)/i7D. The van der Waals surface area contributed by atoms with Crippen molar-refractivity contribution in [3.63, 3.8) is 0 Å². The largest absolute Gasteiger partial charge is 0.258 e. The molecular weight excluding hydrogens is 174 g/mol. The first-order valence-electron chi connectivity index (χ1n) is 5.16. The van der Waals surface area contributed by atoms with Gasteiger partial charge in [-0.2, -0.15) is 0 Å². The highest BCUT2D eigenvalue weighted by molar-refractivity contribution is 5.57. The molecule has 0 spiro atoms. The third-order valence-electron chi connectivity index (χ3n) is 2.24. The molecule has 0 bridgehead atoms. The van der Waals surface area contributed by atoms with Crippen LogP contribution < -0.4 is 0 Å². The molecule has 72 valence electrons. The van der Waals surface area contributed by atoms with Gasteiger partial charge in [-0.05, 0) is 11.5 Å². The second-order valence-corrected chi connectivity index (χ2v) is 3.58. The molecule has 0 unspecified atom stereocenters. The Morgan fingerprint density at radius 1 is 1.29 bits per heavy atom. The van der Waals surface area contributed by atoms with Crippen LogP contribution in [0.4, 0.5) is 0 Å². The summed E-state index contributed by atoms with van der Waals surface area (Å²) in [7, 11) is 0. The van der Waals surface area contributed by atoms with Crippen molar-refractivity contribution in [3.05, 3.63) is 36.0 Å². The van der Waals surface area contributed by atoms with Crippen molar-refractivity contribution in [1.82, 2.24) is 15.4 Å². The molecule has 0 radical (unpaired) electrons. The molecule has 2 aromatic rings. The quantitative estimate of drug-likeness (QED) is 0.787. The van der Waals surface area contributed by atoms with E-state index in [-0.39, 0.29) is 6.17 Å². The van der Waals surface area contributed by atoms with Gasteiger partial charge < -0.3 is 0 Å². The van der Waals surface area contributed by atoms with Crippen LogP contribution in [0, 0.1) is 0 Å². The van der Waals surface area contributed by atoms with Crippen molar-refractivity contribution in [1.29, 1.82) is 0 Å². The maximum Gasteiger partial charge on any atom is 0.0884 e. The highest BCUT2D eigenvalue weighted by atomic mass is 15.3. The van der Waals surface area contributed by atoms with Gasteiger partial charge in [-0.25, -0.2) is 0 Å². The zero-order chi connectivity index (χ0) is 10.8. The van der Waals surface area contributed by atoms with Gasteiger partial charge in [0.1, 0.15) is 0 Å². The normalized spacial score (nSPS) is 11.8. The van der Waals surface area contributed by atoms with Crippen LogP contribution in [0.2, 0.25) is 0 Å². The Morgan fingerprint density at radius 3 is 2.50 bits per heavy atom. The summed E-state index contributed by atoms with van der Waals surface area (Å²) in [6.07, 6.45) is 0.187. The van der Waals surface area contributed by atoms with Gasteiger partial charge in [-0.3, -0.25) is 5.10 Å². The molecule has 1 N–H and O–H groups in total. The minimum absolute atomic E-state index is 0.187. The maximum absolute atomic E-state index is 7.52. The number of nitrogens with zero attached hydrogens (tertiary/aromatic N) is 2. The van der Waals surface area contributed by atoms with Gasteiger partial charge in [-0.1, -0.05) is 43.3 Å². The van der Waals surface area contributed by atoms with Crippen LogP contribution in [-0.4, -0.2) is 15.4 Å². The van der Waals surface area contributed by atoms with E-state index >= 15 is 0 Å². The van der Waals surface area contributed by atoms with Crippen LogP contribution in [0.3, 0.4) is 0 Å². The summed E-state index contributed by atoms with van der Waals surface area (Å²) < 4.78 is 7.52. The summed E-state index contributed by atoms with van der Waals surface area (Å²) in [5.74, 6) is 0.523. The topological polar surface area (TPSA) is 41.6 Å². The first-order chi connectivity index (χ1) is 7.18. The number of hydrogen-bond acceptors (Lipinski definition) is 2. The number of aromatic amines is 1. The lowest BCUT2D eigenvalue weighted by molar-refractivity contribution is 0.867. The Morgan fingerprint density at radius 2 is 2.00 bits per heavy atom. The van der Waals surface area contributed by atoms with E-state index in [1.807, 2.05) is 12.1 Å².